The highest BCUT2D eigenvalue weighted by molar-refractivity contribution is 6.00. The molecule has 0 saturated carbocycles. The quantitative estimate of drug-likeness (QED) is 0.354. The van der Waals surface area contributed by atoms with Crippen LogP contribution in [0.3, 0.4) is 0 Å². The van der Waals surface area contributed by atoms with E-state index in [0.29, 0.717) is 47.4 Å². The Balaban J connectivity index is 1.23. The SMILES string of the molecule is C=CC(=O)Nc1ccc(C(=O)N2CC(Nc3nc4c(OC)c(-c5cn[nH]c5)ncn4n3)C2)cc1. The van der Waals surface area contributed by atoms with Crippen LogP contribution in [0.5, 0.6) is 5.75 Å². The number of benzene rings is 1. The summed E-state index contributed by atoms with van der Waals surface area (Å²) in [5.74, 6) is 0.520. The molecule has 3 aromatic heterocycles. The van der Waals surface area contributed by atoms with Crippen molar-refractivity contribution in [3.63, 3.8) is 0 Å². The Kier molecular flexibility index (Phi) is 5.38. The molecule has 0 atom stereocenters. The highest BCUT2D eigenvalue weighted by atomic mass is 16.5. The third kappa shape index (κ3) is 3.92. The summed E-state index contributed by atoms with van der Waals surface area (Å²) < 4.78 is 7.08. The minimum atomic E-state index is -0.303. The summed E-state index contributed by atoms with van der Waals surface area (Å²) in [7, 11) is 1.55. The number of nitrogens with one attached hydrogen (secondary N) is 3. The van der Waals surface area contributed by atoms with Gasteiger partial charge in [0.05, 0.1) is 19.3 Å². The standard InChI is InChI=1S/C22H21N9O3/c1-3-17(32)26-15-6-4-13(5-7-15)21(33)30-10-16(11-30)27-22-28-20-19(34-2)18(14-8-24-25-9-14)23-12-31(20)29-22/h3-9,12,16H,1,10-11H2,2H3,(H,24,25)(H,26,32)(H,27,29). The van der Waals surface area contributed by atoms with Crippen molar-refractivity contribution in [1.82, 2.24) is 34.7 Å². The number of methoxy groups -OCH3 is 1. The van der Waals surface area contributed by atoms with Crippen molar-refractivity contribution in [2.45, 2.75) is 6.04 Å². The molecule has 0 aliphatic carbocycles. The number of anilines is 2. The first kappa shape index (κ1) is 21.1. The van der Waals surface area contributed by atoms with Gasteiger partial charge in [0.15, 0.2) is 5.75 Å². The molecule has 172 valence electrons. The van der Waals surface area contributed by atoms with Crippen molar-refractivity contribution >= 4 is 29.1 Å². The zero-order chi connectivity index (χ0) is 23.7. The Labute approximate surface area is 193 Å². The molecule has 0 spiro atoms. The van der Waals surface area contributed by atoms with Gasteiger partial charge in [-0.3, -0.25) is 14.7 Å². The number of H-pyrrole nitrogens is 1. The van der Waals surface area contributed by atoms with Gasteiger partial charge in [-0.1, -0.05) is 6.58 Å². The van der Waals surface area contributed by atoms with E-state index in [9.17, 15) is 9.59 Å². The number of carbonyl (C=O) groups excluding carboxylic acids is 2. The fourth-order valence-electron chi connectivity index (χ4n) is 3.66. The van der Waals surface area contributed by atoms with Gasteiger partial charge < -0.3 is 20.3 Å². The van der Waals surface area contributed by atoms with Gasteiger partial charge in [0, 0.05) is 36.1 Å². The highest BCUT2D eigenvalue weighted by Gasteiger charge is 2.32. The molecular formula is C22H21N9O3. The van der Waals surface area contributed by atoms with E-state index in [-0.39, 0.29) is 17.9 Å². The molecule has 1 aliphatic rings. The van der Waals surface area contributed by atoms with Gasteiger partial charge in [-0.25, -0.2) is 4.98 Å². The molecule has 0 unspecified atom stereocenters. The normalized spacial score (nSPS) is 13.4. The Bertz CT molecular complexity index is 1360. The minimum absolute atomic E-state index is 0.0137. The summed E-state index contributed by atoms with van der Waals surface area (Å²) >= 11 is 0. The molecule has 1 aliphatic heterocycles. The summed E-state index contributed by atoms with van der Waals surface area (Å²) in [6, 6.07) is 6.75. The van der Waals surface area contributed by atoms with Crippen molar-refractivity contribution in [2.75, 3.05) is 30.8 Å². The van der Waals surface area contributed by atoms with Crippen molar-refractivity contribution in [1.29, 1.82) is 0 Å². The number of carbonyl (C=O) groups is 2. The second-order valence-electron chi connectivity index (χ2n) is 7.64. The fourth-order valence-corrected chi connectivity index (χ4v) is 3.66. The van der Waals surface area contributed by atoms with Crippen LogP contribution in [0.15, 0.2) is 55.6 Å². The van der Waals surface area contributed by atoms with Gasteiger partial charge in [-0.05, 0) is 30.3 Å². The van der Waals surface area contributed by atoms with Crippen molar-refractivity contribution < 1.29 is 14.3 Å². The molecular weight excluding hydrogens is 438 g/mol. The molecule has 2 amide bonds. The number of likely N-dealkylation sites (tertiary alicyclic amines) is 1. The van der Waals surface area contributed by atoms with Gasteiger partial charge in [0.25, 0.3) is 5.91 Å². The average molecular weight is 459 g/mol. The smallest absolute Gasteiger partial charge is 0.253 e. The molecule has 5 rings (SSSR count). The van der Waals surface area contributed by atoms with Crippen molar-refractivity contribution in [2.24, 2.45) is 0 Å². The van der Waals surface area contributed by atoms with E-state index in [1.54, 1.807) is 59.5 Å². The van der Waals surface area contributed by atoms with Crippen LogP contribution < -0.4 is 15.4 Å². The highest BCUT2D eigenvalue weighted by Crippen LogP contribution is 2.30. The molecule has 1 saturated heterocycles. The van der Waals surface area contributed by atoms with Crippen LogP contribution in [0, 0.1) is 0 Å². The van der Waals surface area contributed by atoms with Crippen LogP contribution in [-0.4, -0.2) is 72.7 Å². The van der Waals surface area contributed by atoms with E-state index in [2.05, 4.69) is 42.5 Å². The van der Waals surface area contributed by atoms with E-state index in [1.807, 2.05) is 0 Å². The lowest BCUT2D eigenvalue weighted by Gasteiger charge is -2.39. The predicted molar refractivity (Wildman–Crippen MR) is 123 cm³/mol. The van der Waals surface area contributed by atoms with E-state index in [0.717, 1.165) is 5.56 Å². The Hall–Kier alpha value is -4.74. The molecule has 0 radical (unpaired) electrons. The van der Waals surface area contributed by atoms with E-state index in [4.69, 9.17) is 4.74 Å². The minimum Gasteiger partial charge on any atom is -0.491 e. The second kappa shape index (κ2) is 8.65. The zero-order valence-electron chi connectivity index (χ0n) is 18.2. The molecule has 12 nitrogen and oxygen atoms in total. The molecule has 1 fully saturated rings. The summed E-state index contributed by atoms with van der Waals surface area (Å²) in [6.45, 7) is 4.44. The monoisotopic (exact) mass is 459 g/mol. The molecule has 4 heterocycles. The van der Waals surface area contributed by atoms with E-state index >= 15 is 0 Å². The summed E-state index contributed by atoms with van der Waals surface area (Å²) in [6.07, 6.45) is 6.13. The lowest BCUT2D eigenvalue weighted by Crippen LogP contribution is -2.57. The Morgan fingerprint density at radius 2 is 2.06 bits per heavy atom. The predicted octanol–water partition coefficient (Wildman–Crippen LogP) is 1.58. The number of hydrogen-bond acceptors (Lipinski definition) is 8. The Morgan fingerprint density at radius 1 is 1.26 bits per heavy atom. The van der Waals surface area contributed by atoms with E-state index < -0.39 is 0 Å². The topological polar surface area (TPSA) is 142 Å². The maximum absolute atomic E-state index is 12.7. The zero-order valence-corrected chi connectivity index (χ0v) is 18.2. The number of fused-ring (bicyclic) bond motifs is 1. The van der Waals surface area contributed by atoms with Crippen LogP contribution >= 0.6 is 0 Å². The second-order valence-corrected chi connectivity index (χ2v) is 7.64. The average Bonchev–Trinajstić information content (AvgIpc) is 3.50. The van der Waals surface area contributed by atoms with Crippen LogP contribution in [-0.2, 0) is 4.79 Å². The third-order valence-electron chi connectivity index (χ3n) is 5.41. The first-order chi connectivity index (χ1) is 16.6. The van der Waals surface area contributed by atoms with Crippen molar-refractivity contribution in [3.8, 4) is 17.0 Å². The summed E-state index contributed by atoms with van der Waals surface area (Å²) in [5, 5.41) is 17.0. The number of amides is 2. The lowest BCUT2D eigenvalue weighted by atomic mass is 10.1. The summed E-state index contributed by atoms with van der Waals surface area (Å²) in [4.78, 5) is 34.8. The van der Waals surface area contributed by atoms with Crippen LogP contribution in [0.4, 0.5) is 11.6 Å². The molecule has 1 aromatic carbocycles. The molecule has 0 bridgehead atoms. The number of aromatic amines is 1. The first-order valence-corrected chi connectivity index (χ1v) is 10.4. The maximum Gasteiger partial charge on any atom is 0.253 e. The van der Waals surface area contributed by atoms with Gasteiger partial charge in [0.1, 0.15) is 12.0 Å². The van der Waals surface area contributed by atoms with Crippen LogP contribution in [0.1, 0.15) is 10.4 Å². The Morgan fingerprint density at radius 3 is 2.74 bits per heavy atom. The number of nitrogens with zero attached hydrogens (tertiary/aromatic N) is 6. The third-order valence-corrected chi connectivity index (χ3v) is 5.41. The molecule has 4 aromatic rings. The number of aromatic nitrogens is 6. The number of ether oxygens (including phenoxy) is 1. The number of rotatable bonds is 7. The van der Waals surface area contributed by atoms with Gasteiger partial charge in [0.2, 0.25) is 17.5 Å². The van der Waals surface area contributed by atoms with Crippen LogP contribution in [0.25, 0.3) is 16.9 Å². The van der Waals surface area contributed by atoms with Gasteiger partial charge in [-0.15, -0.1) is 5.10 Å². The van der Waals surface area contributed by atoms with E-state index in [1.165, 1.54) is 6.08 Å². The van der Waals surface area contributed by atoms with Crippen molar-refractivity contribution in [3.05, 3.63) is 61.2 Å². The molecule has 3 N–H and O–H groups in total. The molecule has 12 heteroatoms. The summed E-state index contributed by atoms with van der Waals surface area (Å²) in [5.41, 5.74) is 3.05. The maximum atomic E-state index is 12.7. The number of hydrogen-bond donors (Lipinski definition) is 3. The van der Waals surface area contributed by atoms with Gasteiger partial charge >= 0.3 is 0 Å². The fraction of sp³-hybridized carbons (Fsp3) is 0.182. The van der Waals surface area contributed by atoms with Crippen LogP contribution in [0.2, 0.25) is 0 Å². The van der Waals surface area contributed by atoms with Gasteiger partial charge in [-0.2, -0.15) is 14.6 Å². The largest absolute Gasteiger partial charge is 0.491 e. The molecule has 34 heavy (non-hydrogen) atoms. The lowest BCUT2D eigenvalue weighted by molar-refractivity contribution is -0.111. The first-order valence-electron chi connectivity index (χ1n) is 10.4.